The first-order valence-electron chi connectivity index (χ1n) is 4.56. The molecule has 0 aliphatic carbocycles. The maximum Gasteiger partial charge on any atom is 1.00 e. The quantitative estimate of drug-likeness (QED) is 0.445. The van der Waals surface area contributed by atoms with Crippen LogP contribution in [0.25, 0.3) is 0 Å². The number of hydrogen-bond donors (Lipinski definition) is 0. The topological polar surface area (TPSA) is 43.4 Å². The number of aliphatic carboxylic acids is 1. The summed E-state index contributed by atoms with van der Waals surface area (Å²) in [5.41, 5.74) is 0. The SMILES string of the molecule is CCC[C@@H]1C[C@@H](C(=O)[O-])N(C)C1.[Na+]. The predicted octanol–water partition coefficient (Wildman–Crippen LogP) is -3.14. The summed E-state index contributed by atoms with van der Waals surface area (Å²) < 4.78 is 0. The van der Waals surface area contributed by atoms with Crippen LogP contribution in [0.15, 0.2) is 0 Å². The molecule has 1 aliphatic rings. The van der Waals surface area contributed by atoms with Crippen LogP contribution in [0.2, 0.25) is 0 Å². The summed E-state index contributed by atoms with van der Waals surface area (Å²) in [7, 11) is 1.86. The summed E-state index contributed by atoms with van der Waals surface area (Å²) >= 11 is 0. The largest absolute Gasteiger partial charge is 1.00 e. The van der Waals surface area contributed by atoms with Gasteiger partial charge in [0.1, 0.15) is 0 Å². The number of carboxylic acid groups (broad SMARTS) is 1. The number of carboxylic acids is 1. The molecule has 0 aromatic rings. The van der Waals surface area contributed by atoms with E-state index in [1.807, 2.05) is 11.9 Å². The second-order valence-electron chi connectivity index (χ2n) is 3.66. The molecule has 1 fully saturated rings. The van der Waals surface area contributed by atoms with Gasteiger partial charge in [-0.1, -0.05) is 13.3 Å². The number of rotatable bonds is 3. The van der Waals surface area contributed by atoms with Gasteiger partial charge in [-0.15, -0.1) is 0 Å². The molecule has 2 atom stereocenters. The summed E-state index contributed by atoms with van der Waals surface area (Å²) in [6.45, 7) is 3.04. The van der Waals surface area contributed by atoms with E-state index < -0.39 is 5.97 Å². The van der Waals surface area contributed by atoms with Crippen LogP contribution in [0.4, 0.5) is 0 Å². The molecule has 0 amide bonds. The van der Waals surface area contributed by atoms with Crippen molar-refractivity contribution < 1.29 is 39.5 Å². The summed E-state index contributed by atoms with van der Waals surface area (Å²) in [5.74, 6) is -0.362. The van der Waals surface area contributed by atoms with E-state index in [1.165, 1.54) is 0 Å². The van der Waals surface area contributed by atoms with Gasteiger partial charge < -0.3 is 9.90 Å². The monoisotopic (exact) mass is 193 g/mol. The van der Waals surface area contributed by atoms with Gasteiger partial charge in [0.2, 0.25) is 0 Å². The van der Waals surface area contributed by atoms with Gasteiger partial charge in [-0.2, -0.15) is 0 Å². The van der Waals surface area contributed by atoms with Crippen LogP contribution in [-0.2, 0) is 4.79 Å². The Morgan fingerprint density at radius 3 is 2.62 bits per heavy atom. The molecule has 0 aromatic heterocycles. The molecule has 0 aromatic carbocycles. The van der Waals surface area contributed by atoms with Crippen molar-refractivity contribution in [3.8, 4) is 0 Å². The van der Waals surface area contributed by atoms with E-state index in [1.54, 1.807) is 0 Å². The maximum atomic E-state index is 10.6. The van der Waals surface area contributed by atoms with Gasteiger partial charge in [-0.25, -0.2) is 0 Å². The molecule has 0 unspecified atom stereocenters. The van der Waals surface area contributed by atoms with Gasteiger partial charge in [-0.3, -0.25) is 4.90 Å². The second-order valence-corrected chi connectivity index (χ2v) is 3.66. The minimum absolute atomic E-state index is 0. The molecule has 1 saturated heterocycles. The fourth-order valence-corrected chi connectivity index (χ4v) is 2.00. The number of carbonyl (C=O) groups is 1. The average molecular weight is 193 g/mol. The van der Waals surface area contributed by atoms with Crippen LogP contribution >= 0.6 is 0 Å². The Bertz CT molecular complexity index is 175. The van der Waals surface area contributed by atoms with Gasteiger partial charge in [-0.05, 0) is 25.8 Å². The first kappa shape index (κ1) is 13.4. The standard InChI is InChI=1S/C9H17NO2.Na/c1-3-4-7-5-8(9(11)12)10(2)6-7;/h7-8H,3-6H2,1-2H3,(H,11,12);/q;+1/p-1/t7-,8+;/m1./s1. The van der Waals surface area contributed by atoms with Crippen molar-refractivity contribution >= 4 is 5.97 Å². The van der Waals surface area contributed by atoms with Crippen molar-refractivity contribution in [2.24, 2.45) is 5.92 Å². The number of nitrogens with zero attached hydrogens (tertiary/aromatic N) is 1. The first-order chi connectivity index (χ1) is 5.65. The molecule has 3 nitrogen and oxygen atoms in total. The summed E-state index contributed by atoms with van der Waals surface area (Å²) in [6, 6.07) is -0.346. The van der Waals surface area contributed by atoms with E-state index in [-0.39, 0.29) is 35.6 Å². The smallest absolute Gasteiger partial charge is 0.548 e. The van der Waals surface area contributed by atoms with Crippen LogP contribution in [0, 0.1) is 5.92 Å². The predicted molar refractivity (Wildman–Crippen MR) is 44.4 cm³/mol. The molecular formula is C9H16NNaO2. The third-order valence-corrected chi connectivity index (χ3v) is 2.60. The Hall–Kier alpha value is 0.430. The third kappa shape index (κ3) is 3.58. The van der Waals surface area contributed by atoms with Crippen LogP contribution in [0.3, 0.4) is 0 Å². The van der Waals surface area contributed by atoms with Crippen LogP contribution in [0.1, 0.15) is 26.2 Å². The number of likely N-dealkylation sites (tertiary alicyclic amines) is 1. The molecule has 0 radical (unpaired) electrons. The number of hydrogen-bond acceptors (Lipinski definition) is 3. The zero-order valence-corrected chi connectivity index (χ0v) is 10.7. The number of likely N-dealkylation sites (N-methyl/N-ethyl adjacent to an activating group) is 1. The van der Waals surface area contributed by atoms with Gasteiger partial charge in [0.15, 0.2) is 0 Å². The Labute approximate surface area is 102 Å². The van der Waals surface area contributed by atoms with E-state index in [0.717, 1.165) is 25.8 Å². The Kier molecular flexibility index (Phi) is 6.21. The molecule has 0 saturated carbocycles. The molecule has 70 valence electrons. The minimum atomic E-state index is -0.920. The third-order valence-electron chi connectivity index (χ3n) is 2.60. The van der Waals surface area contributed by atoms with E-state index >= 15 is 0 Å². The fraction of sp³-hybridized carbons (Fsp3) is 0.889. The molecule has 1 rings (SSSR count). The van der Waals surface area contributed by atoms with E-state index in [9.17, 15) is 9.90 Å². The van der Waals surface area contributed by atoms with E-state index in [2.05, 4.69) is 6.92 Å². The van der Waals surface area contributed by atoms with Crippen LogP contribution in [0.5, 0.6) is 0 Å². The summed E-state index contributed by atoms with van der Waals surface area (Å²) in [6.07, 6.45) is 3.04. The van der Waals surface area contributed by atoms with Gasteiger partial charge >= 0.3 is 29.6 Å². The van der Waals surface area contributed by atoms with Crippen molar-refractivity contribution in [1.29, 1.82) is 0 Å². The van der Waals surface area contributed by atoms with E-state index in [0.29, 0.717) is 5.92 Å². The van der Waals surface area contributed by atoms with Crippen molar-refractivity contribution in [3.05, 3.63) is 0 Å². The Morgan fingerprint density at radius 1 is 1.62 bits per heavy atom. The van der Waals surface area contributed by atoms with E-state index in [4.69, 9.17) is 0 Å². The van der Waals surface area contributed by atoms with Crippen molar-refractivity contribution in [2.45, 2.75) is 32.2 Å². The second kappa shape index (κ2) is 6.02. The van der Waals surface area contributed by atoms with Crippen LogP contribution < -0.4 is 34.7 Å². The van der Waals surface area contributed by atoms with Crippen LogP contribution in [-0.4, -0.2) is 30.5 Å². The minimum Gasteiger partial charge on any atom is -0.548 e. The van der Waals surface area contributed by atoms with Crippen molar-refractivity contribution in [3.63, 3.8) is 0 Å². The first-order valence-corrected chi connectivity index (χ1v) is 4.56. The Morgan fingerprint density at radius 2 is 2.23 bits per heavy atom. The van der Waals surface area contributed by atoms with Gasteiger partial charge in [0, 0.05) is 12.6 Å². The molecule has 0 spiro atoms. The molecule has 4 heteroatoms. The van der Waals surface area contributed by atoms with Crippen molar-refractivity contribution in [2.75, 3.05) is 13.6 Å². The maximum absolute atomic E-state index is 10.6. The summed E-state index contributed by atoms with van der Waals surface area (Å²) in [4.78, 5) is 12.5. The molecule has 1 heterocycles. The van der Waals surface area contributed by atoms with Crippen molar-refractivity contribution in [1.82, 2.24) is 4.90 Å². The molecule has 13 heavy (non-hydrogen) atoms. The summed E-state index contributed by atoms with van der Waals surface area (Å²) in [5, 5.41) is 10.6. The molecule has 1 aliphatic heterocycles. The molecular weight excluding hydrogens is 177 g/mol. The van der Waals surface area contributed by atoms with Gasteiger partial charge in [0.25, 0.3) is 0 Å². The molecule has 0 bridgehead atoms. The Balaban J connectivity index is 0.00000144. The zero-order chi connectivity index (χ0) is 9.14. The normalized spacial score (nSPS) is 28.5. The fourth-order valence-electron chi connectivity index (χ4n) is 2.00. The average Bonchev–Trinajstić information content (AvgIpc) is 2.32. The van der Waals surface area contributed by atoms with Gasteiger partial charge in [0.05, 0.1) is 5.97 Å². The number of carbonyl (C=O) groups excluding carboxylic acids is 1. The zero-order valence-electron chi connectivity index (χ0n) is 8.75. The molecule has 0 N–H and O–H groups in total.